The minimum absolute atomic E-state index is 0.249. The SMILES string of the molecule is C[C@H](c1cnc(N2CCN(C)CC2)nc1)C(C)(C)C. The molecule has 4 heteroatoms. The summed E-state index contributed by atoms with van der Waals surface area (Å²) in [7, 11) is 2.16. The number of rotatable bonds is 2. The number of anilines is 1. The fraction of sp³-hybridized carbons (Fsp3) is 0.733. The molecule has 0 N–H and O–H groups in total. The molecule has 1 fully saturated rings. The zero-order valence-electron chi connectivity index (χ0n) is 12.8. The van der Waals surface area contributed by atoms with E-state index in [-0.39, 0.29) is 5.41 Å². The number of aromatic nitrogens is 2. The van der Waals surface area contributed by atoms with Crippen LogP contribution >= 0.6 is 0 Å². The van der Waals surface area contributed by atoms with E-state index in [2.05, 4.69) is 54.5 Å². The molecule has 0 spiro atoms. The standard InChI is InChI=1S/C15H26N4/c1-12(15(2,3)4)13-10-16-14(17-11-13)19-8-6-18(5)7-9-19/h10-12H,6-9H2,1-5H3/t12-/m1/s1. The van der Waals surface area contributed by atoms with Gasteiger partial charge < -0.3 is 9.80 Å². The Hall–Kier alpha value is -1.16. The lowest BCUT2D eigenvalue weighted by molar-refractivity contribution is 0.311. The molecule has 0 aliphatic carbocycles. The summed E-state index contributed by atoms with van der Waals surface area (Å²) in [4.78, 5) is 13.7. The highest BCUT2D eigenvalue weighted by molar-refractivity contribution is 5.31. The summed E-state index contributed by atoms with van der Waals surface area (Å²) in [5, 5.41) is 0. The van der Waals surface area contributed by atoms with Crippen molar-refractivity contribution in [3.05, 3.63) is 18.0 Å². The second-order valence-electron chi connectivity index (χ2n) is 6.69. The third-order valence-electron chi connectivity index (χ3n) is 4.24. The Morgan fingerprint density at radius 3 is 2.05 bits per heavy atom. The number of hydrogen-bond acceptors (Lipinski definition) is 4. The minimum atomic E-state index is 0.249. The quantitative estimate of drug-likeness (QED) is 0.819. The molecule has 19 heavy (non-hydrogen) atoms. The monoisotopic (exact) mass is 262 g/mol. The Morgan fingerprint density at radius 1 is 1.05 bits per heavy atom. The molecule has 4 nitrogen and oxygen atoms in total. The third-order valence-corrected chi connectivity index (χ3v) is 4.24. The lowest BCUT2D eigenvalue weighted by atomic mass is 9.79. The number of nitrogens with zero attached hydrogens (tertiary/aromatic N) is 4. The van der Waals surface area contributed by atoms with Crippen LogP contribution in [0, 0.1) is 5.41 Å². The predicted molar refractivity (Wildman–Crippen MR) is 79.6 cm³/mol. The van der Waals surface area contributed by atoms with Crippen molar-refractivity contribution in [3.63, 3.8) is 0 Å². The van der Waals surface area contributed by atoms with Crippen LogP contribution in [0.5, 0.6) is 0 Å². The topological polar surface area (TPSA) is 32.3 Å². The normalized spacial score (nSPS) is 19.5. The Morgan fingerprint density at radius 2 is 1.58 bits per heavy atom. The summed E-state index contributed by atoms with van der Waals surface area (Å²) in [5.74, 6) is 1.34. The van der Waals surface area contributed by atoms with Gasteiger partial charge in [-0.3, -0.25) is 0 Å². The molecule has 0 aromatic carbocycles. The fourth-order valence-corrected chi connectivity index (χ4v) is 2.22. The van der Waals surface area contributed by atoms with Crippen molar-refractivity contribution >= 4 is 5.95 Å². The largest absolute Gasteiger partial charge is 0.338 e. The molecule has 1 atom stereocenters. The second-order valence-corrected chi connectivity index (χ2v) is 6.69. The zero-order valence-corrected chi connectivity index (χ0v) is 12.8. The van der Waals surface area contributed by atoms with E-state index in [0.717, 1.165) is 32.1 Å². The average Bonchev–Trinajstić information content (AvgIpc) is 2.38. The molecule has 1 aliphatic heterocycles. The van der Waals surface area contributed by atoms with Crippen molar-refractivity contribution < 1.29 is 0 Å². The van der Waals surface area contributed by atoms with E-state index in [1.165, 1.54) is 5.56 Å². The molecule has 1 saturated heterocycles. The van der Waals surface area contributed by atoms with Crippen LogP contribution in [-0.4, -0.2) is 48.1 Å². The van der Waals surface area contributed by atoms with Crippen LogP contribution in [0.2, 0.25) is 0 Å². The molecule has 0 saturated carbocycles. The summed E-state index contributed by atoms with van der Waals surface area (Å²) in [6.07, 6.45) is 3.99. The van der Waals surface area contributed by atoms with Crippen LogP contribution in [0.4, 0.5) is 5.95 Å². The zero-order chi connectivity index (χ0) is 14.0. The molecule has 106 valence electrons. The van der Waals surface area contributed by atoms with Crippen molar-refractivity contribution in [2.75, 3.05) is 38.1 Å². The van der Waals surface area contributed by atoms with E-state index >= 15 is 0 Å². The van der Waals surface area contributed by atoms with Gasteiger partial charge in [0, 0.05) is 38.6 Å². The summed E-state index contributed by atoms with van der Waals surface area (Å²) < 4.78 is 0. The van der Waals surface area contributed by atoms with Crippen LogP contribution in [0.15, 0.2) is 12.4 Å². The minimum Gasteiger partial charge on any atom is -0.338 e. The van der Waals surface area contributed by atoms with E-state index in [4.69, 9.17) is 0 Å². The summed E-state index contributed by atoms with van der Waals surface area (Å²) in [6.45, 7) is 13.2. The molecule has 1 aromatic heterocycles. The van der Waals surface area contributed by atoms with Gasteiger partial charge in [-0.1, -0.05) is 27.7 Å². The summed E-state index contributed by atoms with van der Waals surface area (Å²) in [5.41, 5.74) is 1.48. The Labute approximate surface area is 116 Å². The second kappa shape index (κ2) is 5.45. The van der Waals surface area contributed by atoms with Crippen molar-refractivity contribution in [1.29, 1.82) is 0 Å². The smallest absolute Gasteiger partial charge is 0.225 e. The van der Waals surface area contributed by atoms with E-state index < -0.39 is 0 Å². The van der Waals surface area contributed by atoms with Gasteiger partial charge in [0.25, 0.3) is 0 Å². The highest BCUT2D eigenvalue weighted by atomic mass is 15.3. The predicted octanol–water partition coefficient (Wildman–Crippen LogP) is 2.38. The van der Waals surface area contributed by atoms with Crippen LogP contribution in [-0.2, 0) is 0 Å². The maximum absolute atomic E-state index is 4.56. The van der Waals surface area contributed by atoms with E-state index in [0.29, 0.717) is 5.92 Å². The van der Waals surface area contributed by atoms with E-state index in [1.807, 2.05) is 12.4 Å². The van der Waals surface area contributed by atoms with Crippen molar-refractivity contribution in [2.45, 2.75) is 33.6 Å². The molecule has 0 bridgehead atoms. The molecule has 0 radical (unpaired) electrons. The van der Waals surface area contributed by atoms with Crippen LogP contribution in [0.25, 0.3) is 0 Å². The first-order valence-corrected chi connectivity index (χ1v) is 7.13. The molecular weight excluding hydrogens is 236 g/mol. The van der Waals surface area contributed by atoms with E-state index in [9.17, 15) is 0 Å². The fourth-order valence-electron chi connectivity index (χ4n) is 2.22. The number of piperazine rings is 1. The van der Waals surface area contributed by atoms with Crippen molar-refractivity contribution in [3.8, 4) is 0 Å². The maximum Gasteiger partial charge on any atom is 0.225 e. The first-order chi connectivity index (χ1) is 8.88. The number of likely N-dealkylation sites (N-methyl/N-ethyl adjacent to an activating group) is 1. The third kappa shape index (κ3) is 3.44. The van der Waals surface area contributed by atoms with Gasteiger partial charge in [0.15, 0.2) is 0 Å². The van der Waals surface area contributed by atoms with Gasteiger partial charge in [0.1, 0.15) is 0 Å². The Balaban J connectivity index is 2.06. The first-order valence-electron chi connectivity index (χ1n) is 7.13. The molecule has 0 amide bonds. The Kier molecular flexibility index (Phi) is 4.09. The van der Waals surface area contributed by atoms with Crippen LogP contribution in [0.1, 0.15) is 39.2 Å². The summed E-state index contributed by atoms with van der Waals surface area (Å²) >= 11 is 0. The van der Waals surface area contributed by atoms with Gasteiger partial charge in [-0.05, 0) is 23.9 Å². The molecular formula is C15H26N4. The highest BCUT2D eigenvalue weighted by Gasteiger charge is 2.23. The first kappa shape index (κ1) is 14.3. The number of hydrogen-bond donors (Lipinski definition) is 0. The Bertz CT molecular complexity index is 399. The van der Waals surface area contributed by atoms with Crippen molar-refractivity contribution in [2.24, 2.45) is 5.41 Å². The maximum atomic E-state index is 4.56. The molecule has 1 aromatic rings. The van der Waals surface area contributed by atoms with Gasteiger partial charge in [0.05, 0.1) is 0 Å². The lowest BCUT2D eigenvalue weighted by Gasteiger charge is -2.32. The average molecular weight is 262 g/mol. The summed E-state index contributed by atoms with van der Waals surface area (Å²) in [6, 6.07) is 0. The van der Waals surface area contributed by atoms with E-state index in [1.54, 1.807) is 0 Å². The molecule has 2 rings (SSSR count). The van der Waals surface area contributed by atoms with Gasteiger partial charge in [0.2, 0.25) is 5.95 Å². The lowest BCUT2D eigenvalue weighted by Crippen LogP contribution is -2.45. The highest BCUT2D eigenvalue weighted by Crippen LogP contribution is 2.33. The van der Waals surface area contributed by atoms with Gasteiger partial charge in [-0.25, -0.2) is 9.97 Å². The van der Waals surface area contributed by atoms with Crippen LogP contribution < -0.4 is 4.90 Å². The van der Waals surface area contributed by atoms with Gasteiger partial charge in [-0.2, -0.15) is 0 Å². The molecule has 2 heterocycles. The van der Waals surface area contributed by atoms with Crippen molar-refractivity contribution in [1.82, 2.24) is 14.9 Å². The van der Waals surface area contributed by atoms with Crippen LogP contribution in [0.3, 0.4) is 0 Å². The molecule has 1 aliphatic rings. The van der Waals surface area contributed by atoms with Gasteiger partial charge >= 0.3 is 0 Å². The molecule has 0 unspecified atom stereocenters. The van der Waals surface area contributed by atoms with Gasteiger partial charge in [-0.15, -0.1) is 0 Å².